The second kappa shape index (κ2) is 7.02. The first-order valence-corrected chi connectivity index (χ1v) is 6.95. The molecule has 1 aromatic heterocycles. The van der Waals surface area contributed by atoms with Crippen molar-refractivity contribution in [2.24, 2.45) is 4.99 Å². The van der Waals surface area contributed by atoms with Crippen LogP contribution in [0.4, 0.5) is 11.8 Å². The van der Waals surface area contributed by atoms with E-state index in [1.807, 2.05) is 32.8 Å². The molecule has 1 heterocycles. The van der Waals surface area contributed by atoms with E-state index < -0.39 is 0 Å². The van der Waals surface area contributed by atoms with Gasteiger partial charge in [-0.05, 0) is 33.8 Å². The van der Waals surface area contributed by atoms with Gasteiger partial charge in [0.15, 0.2) is 0 Å². The summed E-state index contributed by atoms with van der Waals surface area (Å²) in [7, 11) is 3.84. The van der Waals surface area contributed by atoms with Crippen molar-refractivity contribution >= 4 is 23.2 Å². The topological polar surface area (TPSA) is 53.4 Å². The second-order valence-corrected chi connectivity index (χ2v) is 5.43. The van der Waals surface area contributed by atoms with E-state index in [1.165, 1.54) is 0 Å². The number of anilines is 2. The molecule has 1 rings (SSSR count). The highest BCUT2D eigenvalue weighted by atomic mass is 15.2. The molecule has 5 heteroatoms. The van der Waals surface area contributed by atoms with E-state index in [4.69, 9.17) is 0 Å². The molecule has 114 valence electrons. The van der Waals surface area contributed by atoms with Crippen LogP contribution in [-0.4, -0.2) is 35.8 Å². The average Bonchev–Trinajstić information content (AvgIpc) is 2.36. The molecule has 0 bridgehead atoms. The first-order valence-electron chi connectivity index (χ1n) is 6.95. The van der Waals surface area contributed by atoms with Crippen LogP contribution >= 0.6 is 0 Å². The first-order chi connectivity index (χ1) is 9.76. The minimum Gasteiger partial charge on any atom is -0.367 e. The van der Waals surface area contributed by atoms with Gasteiger partial charge in [0, 0.05) is 25.8 Å². The summed E-state index contributed by atoms with van der Waals surface area (Å²) in [4.78, 5) is 15.4. The van der Waals surface area contributed by atoms with Gasteiger partial charge in [0.2, 0.25) is 5.95 Å². The maximum atomic E-state index is 4.58. The number of allylic oxidation sites excluding steroid dienone is 1. The van der Waals surface area contributed by atoms with Crippen LogP contribution in [0.15, 0.2) is 24.2 Å². The van der Waals surface area contributed by atoms with Gasteiger partial charge in [-0.2, -0.15) is 4.98 Å². The van der Waals surface area contributed by atoms with Crippen molar-refractivity contribution in [3.63, 3.8) is 0 Å². The summed E-state index contributed by atoms with van der Waals surface area (Å²) in [6.07, 6.45) is 1.70. The molecule has 0 aliphatic rings. The van der Waals surface area contributed by atoms with Gasteiger partial charge in [0.25, 0.3) is 0 Å². The van der Waals surface area contributed by atoms with Crippen LogP contribution in [0.5, 0.6) is 0 Å². The maximum absolute atomic E-state index is 4.58. The smallest absolute Gasteiger partial charge is 0.227 e. The van der Waals surface area contributed by atoms with Gasteiger partial charge in [-0.1, -0.05) is 13.2 Å². The number of hydrogen-bond donors (Lipinski definition) is 1. The number of rotatable bonds is 6. The van der Waals surface area contributed by atoms with Crippen molar-refractivity contribution in [3.05, 3.63) is 30.5 Å². The van der Waals surface area contributed by atoms with Crippen molar-refractivity contribution < 1.29 is 0 Å². The third-order valence-corrected chi connectivity index (χ3v) is 2.80. The highest BCUT2D eigenvalue weighted by Crippen LogP contribution is 2.27. The van der Waals surface area contributed by atoms with Crippen molar-refractivity contribution in [3.8, 4) is 0 Å². The largest absolute Gasteiger partial charge is 0.367 e. The molecule has 0 radical (unpaired) electrons. The molecule has 0 fully saturated rings. The number of aryl methyl sites for hydroxylation is 1. The first kappa shape index (κ1) is 16.9. The molecule has 1 aromatic rings. The Morgan fingerprint density at radius 1 is 1.33 bits per heavy atom. The van der Waals surface area contributed by atoms with Gasteiger partial charge in [-0.25, -0.2) is 4.98 Å². The Bertz CT molecular complexity index is 570. The Balaban J connectivity index is 3.41. The Labute approximate surface area is 127 Å². The van der Waals surface area contributed by atoms with Crippen LogP contribution in [0.2, 0.25) is 0 Å². The zero-order valence-electron chi connectivity index (χ0n) is 13.9. The minimum absolute atomic E-state index is 0.255. The summed E-state index contributed by atoms with van der Waals surface area (Å²) in [5.41, 5.74) is 3.14. The molecule has 0 unspecified atom stereocenters. The molecular formula is C16H25N5. The minimum atomic E-state index is 0.255. The summed E-state index contributed by atoms with van der Waals surface area (Å²) >= 11 is 0. The van der Waals surface area contributed by atoms with E-state index >= 15 is 0 Å². The van der Waals surface area contributed by atoms with Crippen molar-refractivity contribution in [2.45, 2.75) is 33.7 Å². The Hall–Kier alpha value is -2.17. The lowest BCUT2D eigenvalue weighted by Gasteiger charge is -2.19. The summed E-state index contributed by atoms with van der Waals surface area (Å²) < 4.78 is 0. The fourth-order valence-corrected chi connectivity index (χ4v) is 1.80. The van der Waals surface area contributed by atoms with Crippen LogP contribution in [-0.2, 0) is 0 Å². The molecule has 0 aliphatic heterocycles. The summed E-state index contributed by atoms with van der Waals surface area (Å²) in [6.45, 7) is 15.7. The van der Waals surface area contributed by atoms with E-state index in [0.717, 1.165) is 22.8 Å². The zero-order chi connectivity index (χ0) is 16.2. The highest BCUT2D eigenvalue weighted by Gasteiger charge is 2.16. The third kappa shape index (κ3) is 4.41. The average molecular weight is 287 g/mol. The quantitative estimate of drug-likeness (QED) is 0.816. The lowest BCUT2D eigenvalue weighted by molar-refractivity contribution is 0.875. The molecule has 0 aromatic carbocycles. The van der Waals surface area contributed by atoms with Gasteiger partial charge < -0.3 is 10.2 Å². The molecule has 0 amide bonds. The summed E-state index contributed by atoms with van der Waals surface area (Å²) in [5, 5.41) is 3.35. The molecule has 5 nitrogen and oxygen atoms in total. The standard InChI is InChI=1S/C16H25N5/c1-9-11(4)18-12(5)14-13(6)19-16(21(7)8)20-15(14)17-10(2)3/h9-10H,1,5H2,2-4,6-8H3,(H,17,19,20). The van der Waals surface area contributed by atoms with Gasteiger partial charge in [0.05, 0.1) is 17.0 Å². The Morgan fingerprint density at radius 3 is 2.43 bits per heavy atom. The monoisotopic (exact) mass is 287 g/mol. The molecule has 1 N–H and O–H groups in total. The van der Waals surface area contributed by atoms with Crippen LogP contribution in [0.1, 0.15) is 32.0 Å². The molecular weight excluding hydrogens is 262 g/mol. The molecule has 0 aliphatic carbocycles. The lowest BCUT2D eigenvalue weighted by Crippen LogP contribution is -2.19. The van der Waals surface area contributed by atoms with Crippen molar-refractivity contribution in [1.82, 2.24) is 9.97 Å². The van der Waals surface area contributed by atoms with E-state index in [1.54, 1.807) is 6.08 Å². The predicted octanol–water partition coefficient (Wildman–Crippen LogP) is 3.29. The van der Waals surface area contributed by atoms with Crippen LogP contribution in [0.25, 0.3) is 5.70 Å². The highest BCUT2D eigenvalue weighted by molar-refractivity contribution is 5.96. The fourth-order valence-electron chi connectivity index (χ4n) is 1.80. The molecule has 0 spiro atoms. The Kier molecular flexibility index (Phi) is 5.64. The second-order valence-electron chi connectivity index (χ2n) is 5.43. The van der Waals surface area contributed by atoms with Crippen molar-refractivity contribution in [2.75, 3.05) is 24.3 Å². The van der Waals surface area contributed by atoms with Crippen molar-refractivity contribution in [1.29, 1.82) is 0 Å². The van der Waals surface area contributed by atoms with E-state index in [-0.39, 0.29) is 6.04 Å². The lowest BCUT2D eigenvalue weighted by atomic mass is 10.1. The fraction of sp³-hybridized carbons (Fsp3) is 0.438. The molecule has 0 saturated heterocycles. The third-order valence-electron chi connectivity index (χ3n) is 2.80. The number of aromatic nitrogens is 2. The summed E-state index contributed by atoms with van der Waals surface area (Å²) in [6, 6.07) is 0.255. The van der Waals surface area contributed by atoms with Crippen LogP contribution < -0.4 is 10.2 Å². The molecule has 21 heavy (non-hydrogen) atoms. The van der Waals surface area contributed by atoms with Gasteiger partial charge in [-0.15, -0.1) is 0 Å². The van der Waals surface area contributed by atoms with E-state index in [0.29, 0.717) is 11.6 Å². The number of nitrogens with zero attached hydrogens (tertiary/aromatic N) is 4. The zero-order valence-corrected chi connectivity index (χ0v) is 13.9. The number of hydrogen-bond acceptors (Lipinski definition) is 5. The molecule has 0 saturated carbocycles. The normalized spacial score (nSPS) is 11.5. The van der Waals surface area contributed by atoms with E-state index in [2.05, 4.69) is 47.3 Å². The predicted molar refractivity (Wildman–Crippen MR) is 92.2 cm³/mol. The van der Waals surface area contributed by atoms with Gasteiger partial charge >= 0.3 is 0 Å². The Morgan fingerprint density at radius 2 is 1.95 bits per heavy atom. The number of nitrogens with one attached hydrogen (secondary N) is 1. The van der Waals surface area contributed by atoms with Crippen LogP contribution in [0.3, 0.4) is 0 Å². The summed E-state index contributed by atoms with van der Waals surface area (Å²) in [5.74, 6) is 1.42. The molecule has 0 atom stereocenters. The van der Waals surface area contributed by atoms with Crippen LogP contribution in [0, 0.1) is 6.92 Å². The van der Waals surface area contributed by atoms with Gasteiger partial charge in [0.1, 0.15) is 5.82 Å². The van der Waals surface area contributed by atoms with E-state index in [9.17, 15) is 0 Å². The SMILES string of the molecule is C=CC(C)=NC(=C)c1c(C)nc(N(C)C)nc1NC(C)C. The van der Waals surface area contributed by atoms with Gasteiger partial charge in [-0.3, -0.25) is 4.99 Å². The number of aliphatic imine (C=N–C) groups is 1. The maximum Gasteiger partial charge on any atom is 0.227 e.